The van der Waals surface area contributed by atoms with E-state index in [1.54, 1.807) is 41.8 Å². The van der Waals surface area contributed by atoms with Crippen LogP contribution in [0.1, 0.15) is 33.0 Å². The minimum atomic E-state index is -0.392. The number of halogens is 1. The van der Waals surface area contributed by atoms with Crippen molar-refractivity contribution in [1.82, 2.24) is 9.99 Å². The molecule has 0 unspecified atom stereocenters. The molecule has 30 heavy (non-hydrogen) atoms. The molecule has 1 amide bonds. The molecular weight excluding hydrogens is 420 g/mol. The number of aromatic nitrogens is 1. The maximum atomic E-state index is 12.0. The molecule has 1 aromatic carbocycles. The summed E-state index contributed by atoms with van der Waals surface area (Å²) < 4.78 is 7.44. The summed E-state index contributed by atoms with van der Waals surface area (Å²) >= 11 is 7.60. The minimum Gasteiger partial charge on any atom is -0.482 e. The van der Waals surface area contributed by atoms with E-state index < -0.39 is 5.91 Å². The lowest BCUT2D eigenvalue weighted by molar-refractivity contribution is -0.123. The molecule has 0 radical (unpaired) electrons. The number of ether oxygens (including phenoxy) is 1. The van der Waals surface area contributed by atoms with Gasteiger partial charge in [0.1, 0.15) is 16.8 Å². The lowest BCUT2D eigenvalue weighted by Gasteiger charge is -2.07. The van der Waals surface area contributed by atoms with E-state index in [2.05, 4.69) is 16.6 Å². The summed E-state index contributed by atoms with van der Waals surface area (Å²) in [5, 5.41) is 14.9. The van der Waals surface area contributed by atoms with Crippen molar-refractivity contribution in [2.24, 2.45) is 5.10 Å². The van der Waals surface area contributed by atoms with Crippen molar-refractivity contribution in [3.8, 4) is 16.8 Å². The largest absolute Gasteiger partial charge is 0.482 e. The summed E-state index contributed by atoms with van der Waals surface area (Å²) in [7, 11) is 0. The number of rotatable bonds is 6. The molecule has 0 saturated carbocycles. The van der Waals surface area contributed by atoms with Crippen molar-refractivity contribution >= 4 is 35.1 Å². The van der Waals surface area contributed by atoms with Gasteiger partial charge in [-0.2, -0.15) is 10.4 Å². The van der Waals surface area contributed by atoms with Gasteiger partial charge in [0.2, 0.25) is 0 Å². The molecule has 0 aliphatic heterocycles. The molecular formula is C22H21ClN4O2S. The summed E-state index contributed by atoms with van der Waals surface area (Å²) in [4.78, 5) is 13.1. The first-order chi connectivity index (χ1) is 14.3. The zero-order chi connectivity index (χ0) is 21.8. The van der Waals surface area contributed by atoms with E-state index in [4.69, 9.17) is 16.3 Å². The molecule has 0 saturated heterocycles. The van der Waals surface area contributed by atoms with Gasteiger partial charge < -0.3 is 9.30 Å². The van der Waals surface area contributed by atoms with Gasteiger partial charge >= 0.3 is 0 Å². The number of para-hydroxylation sites is 1. The van der Waals surface area contributed by atoms with Crippen LogP contribution in [0.25, 0.3) is 5.00 Å². The van der Waals surface area contributed by atoms with Gasteiger partial charge in [0.25, 0.3) is 5.91 Å². The lowest BCUT2D eigenvalue weighted by Crippen LogP contribution is -2.24. The van der Waals surface area contributed by atoms with Crippen LogP contribution >= 0.6 is 22.9 Å². The van der Waals surface area contributed by atoms with Gasteiger partial charge in [0.05, 0.1) is 16.8 Å². The van der Waals surface area contributed by atoms with E-state index in [9.17, 15) is 10.1 Å². The summed E-state index contributed by atoms with van der Waals surface area (Å²) in [6, 6.07) is 11.2. The Morgan fingerprint density at radius 3 is 2.77 bits per heavy atom. The van der Waals surface area contributed by atoms with E-state index in [1.165, 1.54) is 0 Å². The smallest absolute Gasteiger partial charge is 0.277 e. The van der Waals surface area contributed by atoms with Crippen molar-refractivity contribution in [3.63, 3.8) is 0 Å². The Bertz CT molecular complexity index is 1170. The SMILES string of the molecule is Cc1sc(-n2c(C)cc(/C=N\NC(=O)COc3ccccc3Cl)c2C)c(C#N)c1C. The third kappa shape index (κ3) is 4.40. The van der Waals surface area contributed by atoms with Gasteiger partial charge in [0, 0.05) is 21.8 Å². The summed E-state index contributed by atoms with van der Waals surface area (Å²) in [6.07, 6.45) is 1.59. The van der Waals surface area contributed by atoms with Crippen LogP contribution in [0.2, 0.25) is 5.02 Å². The van der Waals surface area contributed by atoms with E-state index >= 15 is 0 Å². The number of benzene rings is 1. The fourth-order valence-corrected chi connectivity index (χ4v) is 4.45. The lowest BCUT2D eigenvalue weighted by atomic mass is 10.2. The number of amides is 1. The Hall–Kier alpha value is -3.08. The average molecular weight is 441 g/mol. The number of carbonyl (C=O) groups is 1. The van der Waals surface area contributed by atoms with Crippen molar-refractivity contribution in [2.45, 2.75) is 27.7 Å². The molecule has 2 heterocycles. The molecule has 0 aliphatic carbocycles. The van der Waals surface area contributed by atoms with Gasteiger partial charge in [-0.25, -0.2) is 5.43 Å². The van der Waals surface area contributed by atoms with Crippen molar-refractivity contribution in [2.75, 3.05) is 6.61 Å². The number of hydrogen-bond donors (Lipinski definition) is 1. The predicted molar refractivity (Wildman–Crippen MR) is 120 cm³/mol. The first-order valence-corrected chi connectivity index (χ1v) is 10.4. The van der Waals surface area contributed by atoms with Gasteiger partial charge in [-0.3, -0.25) is 4.79 Å². The van der Waals surface area contributed by atoms with Crippen LogP contribution < -0.4 is 10.2 Å². The average Bonchev–Trinajstić information content (AvgIpc) is 3.15. The highest BCUT2D eigenvalue weighted by molar-refractivity contribution is 7.14. The number of carbonyl (C=O) groups excluding carboxylic acids is 1. The molecule has 0 aliphatic rings. The normalized spacial score (nSPS) is 10.9. The van der Waals surface area contributed by atoms with Crippen LogP contribution in [-0.4, -0.2) is 23.3 Å². The second-order valence-electron chi connectivity index (χ2n) is 6.75. The predicted octanol–water partition coefficient (Wildman–Crippen LogP) is 4.83. The molecule has 3 rings (SSSR count). The third-order valence-electron chi connectivity index (χ3n) is 4.74. The maximum Gasteiger partial charge on any atom is 0.277 e. The van der Waals surface area contributed by atoms with Crippen LogP contribution in [0.5, 0.6) is 5.75 Å². The second-order valence-corrected chi connectivity index (χ2v) is 8.36. The Morgan fingerprint density at radius 1 is 1.33 bits per heavy atom. The van der Waals surface area contributed by atoms with E-state index in [0.29, 0.717) is 16.3 Å². The number of hydrogen-bond acceptors (Lipinski definition) is 5. The zero-order valence-electron chi connectivity index (χ0n) is 17.1. The molecule has 0 atom stereocenters. The fraction of sp³-hybridized carbons (Fsp3) is 0.227. The van der Waals surface area contributed by atoms with Crippen molar-refractivity contribution < 1.29 is 9.53 Å². The number of hydrazone groups is 1. The molecule has 3 aromatic rings. The highest BCUT2D eigenvalue weighted by Gasteiger charge is 2.18. The standard InChI is InChI=1S/C22H21ClN4O2S/c1-13-9-17(15(3)27(13)22-18(10-24)14(2)16(4)30-22)11-25-26-21(28)12-29-20-8-6-5-7-19(20)23/h5-9,11H,12H2,1-4H3,(H,26,28)/b25-11-. The first-order valence-electron chi connectivity index (χ1n) is 9.22. The monoisotopic (exact) mass is 440 g/mol. The molecule has 8 heteroatoms. The van der Waals surface area contributed by atoms with Crippen LogP contribution in [0.4, 0.5) is 0 Å². The molecule has 1 N–H and O–H groups in total. The van der Waals surface area contributed by atoms with Crippen LogP contribution in [0.15, 0.2) is 35.4 Å². The number of nitrogens with zero attached hydrogens (tertiary/aromatic N) is 3. The van der Waals surface area contributed by atoms with Crippen LogP contribution in [0, 0.1) is 39.0 Å². The van der Waals surface area contributed by atoms with Crippen LogP contribution in [-0.2, 0) is 4.79 Å². The summed E-state index contributed by atoms with van der Waals surface area (Å²) in [5.74, 6) is 0.0490. The molecule has 154 valence electrons. The number of aryl methyl sites for hydroxylation is 2. The Labute approximate surface area is 184 Å². The molecule has 0 fully saturated rings. The number of thiophene rings is 1. The van der Waals surface area contributed by atoms with Crippen molar-refractivity contribution in [1.29, 1.82) is 5.26 Å². The number of nitrogens with one attached hydrogen (secondary N) is 1. The Kier molecular flexibility index (Phi) is 6.60. The van der Waals surface area contributed by atoms with Gasteiger partial charge in [-0.15, -0.1) is 11.3 Å². The fourth-order valence-electron chi connectivity index (χ4n) is 3.04. The van der Waals surface area contributed by atoms with Gasteiger partial charge in [-0.05, 0) is 51.5 Å². The van der Waals surface area contributed by atoms with Crippen LogP contribution in [0.3, 0.4) is 0 Å². The Morgan fingerprint density at radius 2 is 2.07 bits per heavy atom. The molecule has 6 nitrogen and oxygen atoms in total. The number of nitriles is 1. The quantitative estimate of drug-likeness (QED) is 0.440. The minimum absolute atomic E-state index is 0.195. The zero-order valence-corrected chi connectivity index (χ0v) is 18.7. The summed E-state index contributed by atoms with van der Waals surface area (Å²) in [6.45, 7) is 7.72. The first kappa shape index (κ1) is 21.6. The maximum absolute atomic E-state index is 12.0. The summed E-state index contributed by atoms with van der Waals surface area (Å²) in [5.41, 5.74) is 6.93. The second kappa shape index (κ2) is 9.16. The molecule has 2 aromatic heterocycles. The van der Waals surface area contributed by atoms with E-state index in [0.717, 1.165) is 32.4 Å². The molecule has 0 bridgehead atoms. The van der Waals surface area contributed by atoms with Crippen molar-refractivity contribution in [3.05, 3.63) is 68.3 Å². The topological polar surface area (TPSA) is 79.4 Å². The van der Waals surface area contributed by atoms with E-state index in [1.807, 2.05) is 38.3 Å². The van der Waals surface area contributed by atoms with Gasteiger partial charge in [-0.1, -0.05) is 23.7 Å². The van der Waals surface area contributed by atoms with Gasteiger partial charge in [0.15, 0.2) is 6.61 Å². The Balaban J connectivity index is 1.71. The highest BCUT2D eigenvalue weighted by atomic mass is 35.5. The molecule has 0 spiro atoms. The van der Waals surface area contributed by atoms with E-state index in [-0.39, 0.29) is 6.61 Å². The highest BCUT2D eigenvalue weighted by Crippen LogP contribution is 2.33. The third-order valence-corrected chi connectivity index (χ3v) is 6.24.